The number of fused-ring (bicyclic) bond motifs is 1. The number of pyridine rings is 1. The molecule has 0 amide bonds. The highest BCUT2D eigenvalue weighted by Gasteiger charge is 2.15. The normalized spacial score (nSPS) is 12.5. The van der Waals surface area contributed by atoms with Gasteiger partial charge < -0.3 is 5.32 Å². The van der Waals surface area contributed by atoms with Crippen molar-refractivity contribution in [1.82, 2.24) is 20.3 Å². The summed E-state index contributed by atoms with van der Waals surface area (Å²) in [5, 5.41) is 4.44. The molecule has 2 aromatic heterocycles. The van der Waals surface area contributed by atoms with E-state index in [-0.39, 0.29) is 6.04 Å². The van der Waals surface area contributed by atoms with Crippen LogP contribution in [0.15, 0.2) is 55.2 Å². The fraction of sp³-hybridized carbons (Fsp3) is 0.133. The Kier molecular flexibility index (Phi) is 3.16. The standard InChI is InChI=1S/C15H14N4/c1-16-14(12-8-17-10-18-9-12)13-6-2-4-11-5-3-7-19-15(11)13/h2-10,14,16H,1H3. The molecular formula is C15H14N4. The molecular weight excluding hydrogens is 236 g/mol. The number of aromatic nitrogens is 3. The summed E-state index contributed by atoms with van der Waals surface area (Å²) in [5.41, 5.74) is 3.17. The minimum Gasteiger partial charge on any atom is -0.309 e. The van der Waals surface area contributed by atoms with Crippen molar-refractivity contribution in [2.75, 3.05) is 7.05 Å². The number of hydrogen-bond donors (Lipinski definition) is 1. The Labute approximate surface area is 111 Å². The van der Waals surface area contributed by atoms with Crippen LogP contribution < -0.4 is 5.32 Å². The lowest BCUT2D eigenvalue weighted by atomic mass is 9.98. The third kappa shape index (κ3) is 2.18. The van der Waals surface area contributed by atoms with Gasteiger partial charge in [-0.2, -0.15) is 0 Å². The first-order valence-electron chi connectivity index (χ1n) is 6.16. The molecule has 3 rings (SSSR count). The van der Waals surface area contributed by atoms with Gasteiger partial charge in [0.25, 0.3) is 0 Å². The Hall–Kier alpha value is -2.33. The van der Waals surface area contributed by atoms with Crippen LogP contribution >= 0.6 is 0 Å². The van der Waals surface area contributed by atoms with Crippen molar-refractivity contribution in [2.24, 2.45) is 0 Å². The Bertz CT molecular complexity index is 677. The predicted molar refractivity (Wildman–Crippen MR) is 74.7 cm³/mol. The summed E-state index contributed by atoms with van der Waals surface area (Å²) in [6, 6.07) is 10.3. The Balaban J connectivity index is 2.17. The van der Waals surface area contributed by atoms with E-state index in [2.05, 4.69) is 38.5 Å². The van der Waals surface area contributed by atoms with Crippen LogP contribution in [0.4, 0.5) is 0 Å². The number of hydrogen-bond acceptors (Lipinski definition) is 4. The molecule has 0 saturated heterocycles. The zero-order chi connectivity index (χ0) is 13.1. The summed E-state index contributed by atoms with van der Waals surface area (Å²) < 4.78 is 0. The monoisotopic (exact) mass is 250 g/mol. The topological polar surface area (TPSA) is 50.7 Å². The third-order valence-electron chi connectivity index (χ3n) is 3.18. The Morgan fingerprint density at radius 2 is 1.84 bits per heavy atom. The van der Waals surface area contributed by atoms with E-state index < -0.39 is 0 Å². The van der Waals surface area contributed by atoms with Gasteiger partial charge in [-0.05, 0) is 18.7 Å². The molecule has 4 heteroatoms. The highest BCUT2D eigenvalue weighted by atomic mass is 14.9. The summed E-state index contributed by atoms with van der Waals surface area (Å²) in [5.74, 6) is 0. The highest BCUT2D eigenvalue weighted by molar-refractivity contribution is 5.82. The van der Waals surface area contributed by atoms with Crippen molar-refractivity contribution < 1.29 is 0 Å². The fourth-order valence-electron chi connectivity index (χ4n) is 2.32. The second-order valence-electron chi connectivity index (χ2n) is 4.32. The van der Waals surface area contributed by atoms with Gasteiger partial charge in [-0.25, -0.2) is 9.97 Å². The molecule has 0 aliphatic carbocycles. The number of nitrogens with zero attached hydrogens (tertiary/aromatic N) is 3. The lowest BCUT2D eigenvalue weighted by Crippen LogP contribution is -2.18. The summed E-state index contributed by atoms with van der Waals surface area (Å²) >= 11 is 0. The molecule has 0 saturated carbocycles. The van der Waals surface area contributed by atoms with Crippen molar-refractivity contribution in [3.63, 3.8) is 0 Å². The molecule has 0 fully saturated rings. The van der Waals surface area contributed by atoms with Crippen molar-refractivity contribution in [2.45, 2.75) is 6.04 Å². The van der Waals surface area contributed by atoms with Gasteiger partial charge in [-0.3, -0.25) is 4.98 Å². The summed E-state index contributed by atoms with van der Waals surface area (Å²) in [7, 11) is 1.93. The maximum Gasteiger partial charge on any atom is 0.115 e. The number of rotatable bonds is 3. The molecule has 1 atom stereocenters. The minimum absolute atomic E-state index is 0.0415. The van der Waals surface area contributed by atoms with Gasteiger partial charge in [0, 0.05) is 29.5 Å². The van der Waals surface area contributed by atoms with Crippen LogP contribution in [0.5, 0.6) is 0 Å². The van der Waals surface area contributed by atoms with E-state index in [9.17, 15) is 0 Å². The minimum atomic E-state index is 0.0415. The van der Waals surface area contributed by atoms with E-state index in [4.69, 9.17) is 0 Å². The Morgan fingerprint density at radius 3 is 2.63 bits per heavy atom. The summed E-state index contributed by atoms with van der Waals surface area (Å²) in [6.45, 7) is 0. The van der Waals surface area contributed by atoms with E-state index in [1.807, 2.05) is 37.8 Å². The van der Waals surface area contributed by atoms with E-state index >= 15 is 0 Å². The quantitative estimate of drug-likeness (QED) is 0.775. The van der Waals surface area contributed by atoms with Gasteiger partial charge in [0.15, 0.2) is 0 Å². The average molecular weight is 250 g/mol. The van der Waals surface area contributed by atoms with Gasteiger partial charge in [-0.1, -0.05) is 24.3 Å². The van der Waals surface area contributed by atoms with Gasteiger partial charge in [0.1, 0.15) is 6.33 Å². The lowest BCUT2D eigenvalue weighted by Gasteiger charge is -2.17. The second kappa shape index (κ2) is 5.12. The molecule has 0 spiro atoms. The van der Waals surface area contributed by atoms with Crippen molar-refractivity contribution >= 4 is 10.9 Å². The molecule has 0 bridgehead atoms. The van der Waals surface area contributed by atoms with Crippen molar-refractivity contribution in [3.8, 4) is 0 Å². The first-order chi connectivity index (χ1) is 9.40. The van der Waals surface area contributed by atoms with Gasteiger partial charge in [0.05, 0.1) is 11.6 Å². The summed E-state index contributed by atoms with van der Waals surface area (Å²) in [4.78, 5) is 12.7. The molecule has 4 nitrogen and oxygen atoms in total. The zero-order valence-electron chi connectivity index (χ0n) is 10.6. The predicted octanol–water partition coefficient (Wildman–Crippen LogP) is 2.33. The fourth-order valence-corrected chi connectivity index (χ4v) is 2.32. The van der Waals surface area contributed by atoms with E-state index in [0.29, 0.717) is 0 Å². The smallest absolute Gasteiger partial charge is 0.115 e. The molecule has 0 aliphatic rings. The van der Waals surface area contributed by atoms with Crippen LogP contribution in [0.2, 0.25) is 0 Å². The van der Waals surface area contributed by atoms with E-state index in [1.54, 1.807) is 0 Å². The molecule has 0 radical (unpaired) electrons. The average Bonchev–Trinajstić information content (AvgIpc) is 2.49. The van der Waals surface area contributed by atoms with Crippen LogP contribution in [0.1, 0.15) is 17.2 Å². The largest absolute Gasteiger partial charge is 0.309 e. The van der Waals surface area contributed by atoms with Crippen LogP contribution in [0.3, 0.4) is 0 Å². The zero-order valence-corrected chi connectivity index (χ0v) is 10.6. The third-order valence-corrected chi connectivity index (χ3v) is 3.18. The lowest BCUT2D eigenvalue weighted by molar-refractivity contribution is 0.688. The van der Waals surface area contributed by atoms with E-state index in [0.717, 1.165) is 22.0 Å². The molecule has 1 aromatic carbocycles. The first-order valence-corrected chi connectivity index (χ1v) is 6.16. The molecule has 1 N–H and O–H groups in total. The second-order valence-corrected chi connectivity index (χ2v) is 4.32. The summed E-state index contributed by atoms with van der Waals surface area (Å²) in [6.07, 6.45) is 7.02. The number of para-hydroxylation sites is 1. The van der Waals surface area contributed by atoms with Gasteiger partial charge >= 0.3 is 0 Å². The SMILES string of the molecule is CNC(c1cncnc1)c1cccc2cccnc12. The highest BCUT2D eigenvalue weighted by Crippen LogP contribution is 2.26. The molecule has 2 heterocycles. The van der Waals surface area contributed by atoms with Crippen LogP contribution in [0, 0.1) is 0 Å². The maximum absolute atomic E-state index is 4.49. The van der Waals surface area contributed by atoms with E-state index in [1.165, 1.54) is 6.33 Å². The van der Waals surface area contributed by atoms with Gasteiger partial charge in [0.2, 0.25) is 0 Å². The van der Waals surface area contributed by atoms with Crippen LogP contribution in [-0.4, -0.2) is 22.0 Å². The Morgan fingerprint density at radius 1 is 1.05 bits per heavy atom. The molecule has 3 aromatic rings. The van der Waals surface area contributed by atoms with Crippen molar-refractivity contribution in [3.05, 3.63) is 66.4 Å². The molecule has 94 valence electrons. The van der Waals surface area contributed by atoms with Crippen LogP contribution in [0.25, 0.3) is 10.9 Å². The molecule has 1 unspecified atom stereocenters. The first kappa shape index (κ1) is 11.7. The molecule has 0 aliphatic heterocycles. The van der Waals surface area contributed by atoms with Gasteiger partial charge in [-0.15, -0.1) is 0 Å². The van der Waals surface area contributed by atoms with Crippen molar-refractivity contribution in [1.29, 1.82) is 0 Å². The molecule has 19 heavy (non-hydrogen) atoms. The van der Waals surface area contributed by atoms with Crippen LogP contribution in [-0.2, 0) is 0 Å². The number of benzene rings is 1. The number of nitrogens with one attached hydrogen (secondary N) is 1. The maximum atomic E-state index is 4.49.